The molecule has 0 saturated carbocycles. The van der Waals surface area contributed by atoms with Crippen molar-refractivity contribution in [1.29, 1.82) is 5.26 Å². The molecule has 0 radical (unpaired) electrons. The maximum absolute atomic E-state index is 13.9. The fourth-order valence-corrected chi connectivity index (χ4v) is 5.27. The molecule has 1 amide bonds. The highest BCUT2D eigenvalue weighted by Gasteiger charge is 2.34. The van der Waals surface area contributed by atoms with Crippen LogP contribution in [0, 0.1) is 11.3 Å². The Hall–Kier alpha value is -3.05. The van der Waals surface area contributed by atoms with Gasteiger partial charge in [0.15, 0.2) is 0 Å². The quantitative estimate of drug-likeness (QED) is 0.379. The van der Waals surface area contributed by atoms with Crippen molar-refractivity contribution >= 4 is 29.1 Å². The van der Waals surface area contributed by atoms with Crippen molar-refractivity contribution in [3.63, 3.8) is 0 Å². The van der Waals surface area contributed by atoms with Crippen LogP contribution in [-0.4, -0.2) is 26.0 Å². The average molecular weight is 532 g/mol. The molecule has 4 nitrogen and oxygen atoms in total. The Labute approximate surface area is 217 Å². The lowest BCUT2D eigenvalue weighted by Crippen LogP contribution is -2.27. The Morgan fingerprint density at radius 3 is 2.28 bits per heavy atom. The van der Waals surface area contributed by atoms with Gasteiger partial charge in [-0.25, -0.2) is 0 Å². The van der Waals surface area contributed by atoms with Crippen LogP contribution >= 0.6 is 23.2 Å². The van der Waals surface area contributed by atoms with E-state index >= 15 is 0 Å². The first-order valence-electron chi connectivity index (χ1n) is 11.3. The number of benzene rings is 3. The smallest absolute Gasteiger partial charge is 0.355 e. The highest BCUT2D eigenvalue weighted by molar-refractivity contribution is 6.45. The van der Waals surface area contributed by atoms with Gasteiger partial charge in [-0.15, -0.1) is 0 Å². The molecule has 2 N–H and O–H groups in total. The lowest BCUT2D eigenvalue weighted by atomic mass is 9.78. The zero-order chi connectivity index (χ0) is 26.0. The minimum Gasteiger partial charge on any atom is -0.355 e. The van der Waals surface area contributed by atoms with E-state index in [9.17, 15) is 23.2 Å². The molecule has 9 heteroatoms. The van der Waals surface area contributed by atoms with Crippen molar-refractivity contribution in [3.05, 3.63) is 80.8 Å². The molecule has 0 aliphatic carbocycles. The lowest BCUT2D eigenvalue weighted by molar-refractivity contribution is -0.137. The Morgan fingerprint density at radius 1 is 1.03 bits per heavy atom. The molecule has 186 valence electrons. The van der Waals surface area contributed by atoms with Crippen molar-refractivity contribution < 1.29 is 18.0 Å². The zero-order valence-electron chi connectivity index (χ0n) is 19.3. The van der Waals surface area contributed by atoms with Crippen LogP contribution in [0.4, 0.5) is 13.2 Å². The third-order valence-corrected chi connectivity index (χ3v) is 7.23. The fraction of sp³-hybridized carbons (Fsp3) is 0.259. The van der Waals surface area contributed by atoms with Gasteiger partial charge in [0.2, 0.25) is 0 Å². The van der Waals surface area contributed by atoms with Crippen molar-refractivity contribution in [3.8, 4) is 28.3 Å². The lowest BCUT2D eigenvalue weighted by Gasteiger charge is -2.30. The van der Waals surface area contributed by atoms with Crippen LogP contribution in [0.15, 0.2) is 48.5 Å². The summed E-state index contributed by atoms with van der Waals surface area (Å²) in [4.78, 5) is 12.4. The molecule has 1 fully saturated rings. The highest BCUT2D eigenvalue weighted by atomic mass is 35.5. The molecule has 0 atom stereocenters. The molecule has 4 rings (SSSR count). The minimum atomic E-state index is -4.70. The number of amides is 1. The third kappa shape index (κ3) is 4.94. The number of nitrogens with zero attached hydrogens (tertiary/aromatic N) is 1. The van der Waals surface area contributed by atoms with Gasteiger partial charge >= 0.3 is 6.18 Å². The molecule has 0 aromatic heterocycles. The monoisotopic (exact) mass is 531 g/mol. The summed E-state index contributed by atoms with van der Waals surface area (Å²) in [7, 11) is 1.35. The van der Waals surface area contributed by atoms with Crippen LogP contribution in [0.25, 0.3) is 22.3 Å². The first-order chi connectivity index (χ1) is 17.2. The summed E-state index contributed by atoms with van der Waals surface area (Å²) in [6, 6.07) is 14.5. The molecule has 0 bridgehead atoms. The van der Waals surface area contributed by atoms with Crippen LogP contribution < -0.4 is 10.6 Å². The molecule has 0 spiro atoms. The SMILES string of the molecule is CNC(=O)c1cc(-c2c(Cl)c(Cl)c(C#N)c(-c3ccccc3)c2C2CCNCC2)cc(C(F)(F)F)c1. The predicted octanol–water partition coefficient (Wildman–Crippen LogP) is 7.04. The molecular formula is C27H22Cl2F3N3O. The largest absolute Gasteiger partial charge is 0.416 e. The van der Waals surface area contributed by atoms with Crippen LogP contribution in [0.5, 0.6) is 0 Å². The van der Waals surface area contributed by atoms with Gasteiger partial charge in [-0.1, -0.05) is 53.5 Å². The van der Waals surface area contributed by atoms with E-state index in [0.717, 1.165) is 12.1 Å². The van der Waals surface area contributed by atoms with Gasteiger partial charge < -0.3 is 10.6 Å². The van der Waals surface area contributed by atoms with Crippen molar-refractivity contribution in [1.82, 2.24) is 10.6 Å². The second-order valence-corrected chi connectivity index (χ2v) is 9.30. The Balaban J connectivity index is 2.15. The first kappa shape index (κ1) is 26.0. The topological polar surface area (TPSA) is 64.9 Å². The maximum Gasteiger partial charge on any atom is 0.416 e. The number of nitriles is 1. The van der Waals surface area contributed by atoms with Gasteiger partial charge in [-0.3, -0.25) is 4.79 Å². The standard InChI is InChI=1S/C27H22Cl2F3N3O/c1-34-26(36)18-11-17(12-19(13-18)27(30,31)32)23-22(16-7-9-35-10-8-16)21(15-5-3-2-4-6-15)20(14-33)24(28)25(23)29/h2-6,11-13,16,35H,7-10H2,1H3,(H,34,36). The van der Waals surface area contributed by atoms with E-state index in [1.54, 1.807) is 0 Å². The number of hydrogen-bond acceptors (Lipinski definition) is 3. The molecule has 1 aliphatic heterocycles. The summed E-state index contributed by atoms with van der Waals surface area (Å²) in [5, 5.41) is 15.7. The number of halogens is 5. The van der Waals surface area contributed by atoms with Crippen molar-refractivity contribution in [2.24, 2.45) is 0 Å². The van der Waals surface area contributed by atoms with Gasteiger partial charge in [-0.05, 0) is 66.7 Å². The van der Waals surface area contributed by atoms with Crippen LogP contribution in [0.1, 0.15) is 45.8 Å². The summed E-state index contributed by atoms with van der Waals surface area (Å²) in [5.74, 6) is -0.763. The number of alkyl halides is 3. The Morgan fingerprint density at radius 2 is 1.69 bits per heavy atom. The second-order valence-electron chi connectivity index (χ2n) is 8.54. The number of nitrogens with one attached hydrogen (secondary N) is 2. The summed E-state index contributed by atoms with van der Waals surface area (Å²) in [6.45, 7) is 1.40. The van der Waals surface area contributed by atoms with E-state index in [4.69, 9.17) is 23.2 Å². The normalized spacial score (nSPS) is 14.4. The van der Waals surface area contributed by atoms with E-state index in [1.165, 1.54) is 13.1 Å². The summed E-state index contributed by atoms with van der Waals surface area (Å²) in [6.07, 6.45) is -3.31. The Kier molecular flexibility index (Phi) is 7.60. The van der Waals surface area contributed by atoms with E-state index < -0.39 is 17.6 Å². The summed E-state index contributed by atoms with van der Waals surface area (Å²) >= 11 is 13.4. The molecular weight excluding hydrogens is 510 g/mol. The van der Waals surface area contributed by atoms with E-state index in [-0.39, 0.29) is 32.7 Å². The summed E-state index contributed by atoms with van der Waals surface area (Å²) < 4.78 is 41.7. The number of piperidine rings is 1. The van der Waals surface area contributed by atoms with E-state index in [1.807, 2.05) is 30.3 Å². The molecule has 3 aromatic rings. The maximum atomic E-state index is 13.9. The van der Waals surface area contributed by atoms with Crippen molar-refractivity contribution in [2.75, 3.05) is 20.1 Å². The Bertz CT molecular complexity index is 1350. The molecule has 3 aromatic carbocycles. The number of rotatable bonds is 4. The predicted molar refractivity (Wildman–Crippen MR) is 135 cm³/mol. The average Bonchev–Trinajstić information content (AvgIpc) is 2.89. The highest BCUT2D eigenvalue weighted by Crippen LogP contribution is 2.50. The van der Waals surface area contributed by atoms with Crippen LogP contribution in [0.2, 0.25) is 10.0 Å². The molecule has 0 unspecified atom stereocenters. The van der Waals surface area contributed by atoms with Gasteiger partial charge in [0.25, 0.3) is 5.91 Å². The second kappa shape index (κ2) is 10.5. The van der Waals surface area contributed by atoms with E-state index in [0.29, 0.717) is 48.2 Å². The molecule has 1 heterocycles. The zero-order valence-corrected chi connectivity index (χ0v) is 20.8. The summed E-state index contributed by atoms with van der Waals surface area (Å²) in [5.41, 5.74) is 1.38. The van der Waals surface area contributed by atoms with E-state index in [2.05, 4.69) is 16.7 Å². The molecule has 36 heavy (non-hydrogen) atoms. The fourth-order valence-electron chi connectivity index (χ4n) is 4.73. The molecule has 1 aliphatic rings. The number of carbonyl (C=O) groups is 1. The van der Waals surface area contributed by atoms with Gasteiger partial charge in [0, 0.05) is 23.7 Å². The third-order valence-electron chi connectivity index (χ3n) is 6.38. The van der Waals surface area contributed by atoms with Gasteiger partial charge in [0.1, 0.15) is 6.07 Å². The minimum absolute atomic E-state index is 0.0105. The first-order valence-corrected chi connectivity index (χ1v) is 12.1. The van der Waals surface area contributed by atoms with Crippen LogP contribution in [-0.2, 0) is 6.18 Å². The van der Waals surface area contributed by atoms with Gasteiger partial charge in [0.05, 0.1) is 21.2 Å². The van der Waals surface area contributed by atoms with Crippen molar-refractivity contribution in [2.45, 2.75) is 24.9 Å². The molecule has 1 saturated heterocycles. The van der Waals surface area contributed by atoms with Crippen LogP contribution in [0.3, 0.4) is 0 Å². The number of hydrogen-bond donors (Lipinski definition) is 2. The number of carbonyl (C=O) groups excluding carboxylic acids is 1. The van der Waals surface area contributed by atoms with Gasteiger partial charge in [-0.2, -0.15) is 18.4 Å².